The van der Waals surface area contributed by atoms with Gasteiger partial charge in [-0.05, 0) is 49.6 Å². The lowest BCUT2D eigenvalue weighted by atomic mass is 9.75. The number of hydrogen-bond donors (Lipinski definition) is 2. The lowest BCUT2D eigenvalue weighted by Gasteiger charge is -2.34. The average Bonchev–Trinajstić information content (AvgIpc) is 2.68. The predicted octanol–water partition coefficient (Wildman–Crippen LogP) is 4.43. The summed E-state index contributed by atoms with van der Waals surface area (Å²) in [5, 5.41) is 6.20. The van der Waals surface area contributed by atoms with E-state index in [2.05, 4.69) is 10.6 Å². The fourth-order valence-electron chi connectivity index (χ4n) is 3.99. The van der Waals surface area contributed by atoms with Gasteiger partial charge in [-0.15, -0.1) is 0 Å². The van der Waals surface area contributed by atoms with E-state index in [0.29, 0.717) is 23.3 Å². The van der Waals surface area contributed by atoms with Crippen molar-refractivity contribution in [1.29, 1.82) is 0 Å². The Labute approximate surface area is 163 Å². The van der Waals surface area contributed by atoms with Crippen molar-refractivity contribution in [1.82, 2.24) is 5.32 Å². The van der Waals surface area contributed by atoms with Crippen molar-refractivity contribution in [3.8, 4) is 0 Å². The molecule has 0 bridgehead atoms. The molecule has 1 aliphatic heterocycles. The highest BCUT2D eigenvalue weighted by Crippen LogP contribution is 2.42. The highest BCUT2D eigenvalue weighted by molar-refractivity contribution is 6.09. The molecule has 0 aromatic heterocycles. The van der Waals surface area contributed by atoms with Crippen molar-refractivity contribution in [2.45, 2.75) is 32.1 Å². The molecular weight excluding hydrogens is 355 g/mol. The number of hydrogen-bond acceptors (Lipinski definition) is 3. The van der Waals surface area contributed by atoms with Crippen LogP contribution < -0.4 is 10.6 Å². The third-order valence-corrected chi connectivity index (χ3v) is 5.26. The number of nitrogens with one attached hydrogen (secondary N) is 2. The van der Waals surface area contributed by atoms with Gasteiger partial charge < -0.3 is 10.6 Å². The van der Waals surface area contributed by atoms with Crippen molar-refractivity contribution < 1.29 is 14.0 Å². The summed E-state index contributed by atoms with van der Waals surface area (Å²) in [5.41, 5.74) is 4.13. The molecule has 0 fully saturated rings. The van der Waals surface area contributed by atoms with Crippen LogP contribution in [-0.4, -0.2) is 11.7 Å². The second kappa shape index (κ2) is 7.43. The molecule has 4 rings (SSSR count). The smallest absolute Gasteiger partial charge is 0.254 e. The largest absolute Gasteiger partial charge is 0.362 e. The molecule has 0 unspecified atom stereocenters. The number of anilines is 1. The minimum Gasteiger partial charge on any atom is -0.362 e. The van der Waals surface area contributed by atoms with Crippen molar-refractivity contribution in [2.24, 2.45) is 0 Å². The second-order valence-electron chi connectivity index (χ2n) is 7.14. The summed E-state index contributed by atoms with van der Waals surface area (Å²) < 4.78 is 13.5. The monoisotopic (exact) mass is 376 g/mol. The van der Waals surface area contributed by atoms with Crippen LogP contribution in [0.5, 0.6) is 0 Å². The molecule has 1 heterocycles. The molecule has 4 nitrogen and oxygen atoms in total. The highest BCUT2D eigenvalue weighted by Gasteiger charge is 2.38. The van der Waals surface area contributed by atoms with Crippen LogP contribution >= 0.6 is 0 Å². The van der Waals surface area contributed by atoms with Crippen LogP contribution in [0.1, 0.15) is 37.7 Å². The molecule has 5 heteroatoms. The number of carbonyl (C=O) groups is 2. The normalized spacial score (nSPS) is 19.2. The highest BCUT2D eigenvalue weighted by atomic mass is 19.1. The van der Waals surface area contributed by atoms with Crippen LogP contribution in [0.3, 0.4) is 0 Å². The van der Waals surface area contributed by atoms with E-state index < -0.39 is 5.92 Å². The minimum atomic E-state index is -0.506. The Morgan fingerprint density at radius 1 is 1.07 bits per heavy atom. The first-order valence-corrected chi connectivity index (χ1v) is 9.40. The van der Waals surface area contributed by atoms with E-state index in [1.165, 1.54) is 12.1 Å². The summed E-state index contributed by atoms with van der Waals surface area (Å²) >= 11 is 0. The van der Waals surface area contributed by atoms with Gasteiger partial charge in [-0.1, -0.05) is 30.3 Å². The first-order valence-electron chi connectivity index (χ1n) is 9.40. The van der Waals surface area contributed by atoms with Gasteiger partial charge in [0.15, 0.2) is 5.78 Å². The molecule has 28 heavy (non-hydrogen) atoms. The van der Waals surface area contributed by atoms with Crippen LogP contribution in [0.4, 0.5) is 10.1 Å². The number of halogens is 1. The molecule has 1 atom stereocenters. The first kappa shape index (κ1) is 18.2. The Hall–Kier alpha value is -3.21. The van der Waals surface area contributed by atoms with E-state index >= 15 is 0 Å². The zero-order valence-electron chi connectivity index (χ0n) is 15.6. The van der Waals surface area contributed by atoms with Gasteiger partial charge in [0.2, 0.25) is 0 Å². The predicted molar refractivity (Wildman–Crippen MR) is 106 cm³/mol. The molecule has 142 valence electrons. The molecule has 2 aliphatic rings. The Kier molecular flexibility index (Phi) is 4.82. The third-order valence-electron chi connectivity index (χ3n) is 5.26. The molecule has 0 radical (unpaired) electrons. The summed E-state index contributed by atoms with van der Waals surface area (Å²) in [6.07, 6.45) is 2.02. The summed E-state index contributed by atoms with van der Waals surface area (Å²) in [6.45, 7) is 1.85. The van der Waals surface area contributed by atoms with Crippen LogP contribution in [0.25, 0.3) is 0 Å². The van der Waals surface area contributed by atoms with Crippen LogP contribution in [0.15, 0.2) is 77.1 Å². The van der Waals surface area contributed by atoms with E-state index in [1.54, 1.807) is 12.1 Å². The number of benzene rings is 2. The number of rotatable bonds is 3. The maximum Gasteiger partial charge on any atom is 0.254 e. The summed E-state index contributed by atoms with van der Waals surface area (Å²) in [6, 6.07) is 15.2. The van der Waals surface area contributed by atoms with E-state index in [9.17, 15) is 14.0 Å². The molecule has 2 aromatic rings. The third kappa shape index (κ3) is 3.36. The van der Waals surface area contributed by atoms with E-state index in [0.717, 1.165) is 29.8 Å². The van der Waals surface area contributed by atoms with E-state index in [-0.39, 0.29) is 17.5 Å². The minimum absolute atomic E-state index is 0.0422. The lowest BCUT2D eigenvalue weighted by Crippen LogP contribution is -2.35. The van der Waals surface area contributed by atoms with E-state index in [1.807, 2.05) is 37.3 Å². The van der Waals surface area contributed by atoms with E-state index in [4.69, 9.17) is 0 Å². The SMILES string of the molecule is CC1=C(C(=O)Nc2ccccc2)[C@H](c2ccc(F)cc2)C2=C(CCCC2=O)N1. The van der Waals surface area contributed by atoms with Crippen molar-refractivity contribution in [2.75, 3.05) is 5.32 Å². The maximum absolute atomic E-state index is 13.5. The van der Waals surface area contributed by atoms with Gasteiger partial charge in [0.05, 0.1) is 0 Å². The summed E-state index contributed by atoms with van der Waals surface area (Å²) in [5.74, 6) is -1.08. The number of dihydropyridines is 1. The Bertz CT molecular complexity index is 991. The zero-order valence-corrected chi connectivity index (χ0v) is 15.6. The van der Waals surface area contributed by atoms with Gasteiger partial charge in [-0.2, -0.15) is 0 Å². The van der Waals surface area contributed by atoms with Gasteiger partial charge in [-0.25, -0.2) is 4.39 Å². The quantitative estimate of drug-likeness (QED) is 0.833. The molecule has 0 saturated heterocycles. The van der Waals surface area contributed by atoms with Gasteiger partial charge in [0.25, 0.3) is 5.91 Å². The van der Waals surface area contributed by atoms with Crippen LogP contribution in [0, 0.1) is 5.82 Å². The molecule has 2 aromatic carbocycles. The van der Waals surface area contributed by atoms with Crippen molar-refractivity contribution in [3.05, 3.63) is 88.5 Å². The first-order chi connectivity index (χ1) is 13.5. The Morgan fingerprint density at radius 3 is 2.50 bits per heavy atom. The van der Waals surface area contributed by atoms with Crippen LogP contribution in [-0.2, 0) is 9.59 Å². The summed E-state index contributed by atoms with van der Waals surface area (Å²) in [4.78, 5) is 26.0. The van der Waals surface area contributed by atoms with Crippen molar-refractivity contribution in [3.63, 3.8) is 0 Å². The fourth-order valence-corrected chi connectivity index (χ4v) is 3.99. The molecule has 0 saturated carbocycles. The number of amides is 1. The zero-order chi connectivity index (χ0) is 19.7. The number of allylic oxidation sites excluding steroid dienone is 3. The molecule has 1 aliphatic carbocycles. The molecule has 2 N–H and O–H groups in total. The topological polar surface area (TPSA) is 58.2 Å². The number of ketones is 1. The lowest BCUT2D eigenvalue weighted by molar-refractivity contribution is -0.116. The standard InChI is InChI=1S/C23H21FN2O2/c1-14-20(23(28)26-17-6-3-2-4-7-17)21(15-10-12-16(24)13-11-15)22-18(25-14)8-5-9-19(22)27/h2-4,6-7,10-13,21,25H,5,8-9H2,1H3,(H,26,28)/t21-/m0/s1. The van der Waals surface area contributed by atoms with Crippen molar-refractivity contribution >= 4 is 17.4 Å². The average molecular weight is 376 g/mol. The number of para-hydroxylation sites is 1. The Balaban J connectivity index is 1.79. The number of carbonyl (C=O) groups excluding carboxylic acids is 2. The van der Waals surface area contributed by atoms with Gasteiger partial charge in [0.1, 0.15) is 5.82 Å². The van der Waals surface area contributed by atoms with Gasteiger partial charge >= 0.3 is 0 Å². The molecular formula is C23H21FN2O2. The van der Waals surface area contributed by atoms with Crippen LogP contribution in [0.2, 0.25) is 0 Å². The van der Waals surface area contributed by atoms with Gasteiger partial charge in [-0.3, -0.25) is 9.59 Å². The summed E-state index contributed by atoms with van der Waals surface area (Å²) in [7, 11) is 0. The second-order valence-corrected chi connectivity index (χ2v) is 7.14. The fraction of sp³-hybridized carbons (Fsp3) is 0.217. The molecule has 0 spiro atoms. The maximum atomic E-state index is 13.5. The Morgan fingerprint density at radius 2 is 1.79 bits per heavy atom. The number of Topliss-reactive ketones (excluding diaryl/α,β-unsaturated/α-hetero) is 1. The van der Waals surface area contributed by atoms with Gasteiger partial charge in [0, 0.05) is 40.6 Å². The molecule has 1 amide bonds.